The van der Waals surface area contributed by atoms with Crippen LogP contribution in [0.15, 0.2) is 0 Å². The van der Waals surface area contributed by atoms with Gasteiger partial charge >= 0.3 is 0 Å². The maximum Gasteiger partial charge on any atom is 0.223 e. The molecule has 0 radical (unpaired) electrons. The lowest BCUT2D eigenvalue weighted by atomic mass is 9.79. The van der Waals surface area contributed by atoms with Gasteiger partial charge in [-0.2, -0.15) is 0 Å². The van der Waals surface area contributed by atoms with E-state index < -0.39 is 0 Å². The summed E-state index contributed by atoms with van der Waals surface area (Å²) >= 11 is 0. The molecule has 3 heteroatoms. The molecule has 0 heterocycles. The van der Waals surface area contributed by atoms with E-state index in [1.807, 2.05) is 0 Å². The third kappa shape index (κ3) is 7.30. The SMILES string of the molecule is CCCCC1CCC(C(=O)NCC(CCC)CCN)CC1. The Kier molecular flexibility index (Phi) is 9.73. The van der Waals surface area contributed by atoms with Crippen molar-refractivity contribution in [1.29, 1.82) is 0 Å². The van der Waals surface area contributed by atoms with E-state index in [0.717, 1.165) is 38.3 Å². The first-order valence-electron chi connectivity index (χ1n) is 9.18. The molecule has 0 aromatic carbocycles. The number of nitrogens with one attached hydrogen (secondary N) is 1. The number of carbonyl (C=O) groups is 1. The van der Waals surface area contributed by atoms with Gasteiger partial charge in [-0.1, -0.05) is 39.5 Å². The Bertz CT molecular complexity index is 266. The topological polar surface area (TPSA) is 55.1 Å². The number of hydrogen-bond acceptors (Lipinski definition) is 2. The fourth-order valence-corrected chi connectivity index (χ4v) is 3.59. The lowest BCUT2D eigenvalue weighted by Crippen LogP contribution is -2.36. The van der Waals surface area contributed by atoms with Crippen molar-refractivity contribution in [3.63, 3.8) is 0 Å². The molecule has 3 N–H and O–H groups in total. The molecule has 1 saturated carbocycles. The maximum atomic E-state index is 12.3. The van der Waals surface area contributed by atoms with Crippen molar-refractivity contribution >= 4 is 5.91 Å². The smallest absolute Gasteiger partial charge is 0.223 e. The Labute approximate surface area is 131 Å². The average Bonchev–Trinajstić information content (AvgIpc) is 2.51. The molecule has 0 aromatic rings. The summed E-state index contributed by atoms with van der Waals surface area (Å²) < 4.78 is 0. The summed E-state index contributed by atoms with van der Waals surface area (Å²) in [6.45, 7) is 6.00. The molecule has 1 amide bonds. The Balaban J connectivity index is 2.23. The fraction of sp³-hybridized carbons (Fsp3) is 0.944. The average molecular weight is 296 g/mol. The zero-order chi connectivity index (χ0) is 15.5. The highest BCUT2D eigenvalue weighted by molar-refractivity contribution is 5.78. The zero-order valence-corrected chi connectivity index (χ0v) is 14.2. The second-order valence-electron chi connectivity index (χ2n) is 6.84. The van der Waals surface area contributed by atoms with Crippen LogP contribution in [0.4, 0.5) is 0 Å². The van der Waals surface area contributed by atoms with E-state index in [1.165, 1.54) is 44.9 Å². The third-order valence-electron chi connectivity index (χ3n) is 5.02. The van der Waals surface area contributed by atoms with Crippen LogP contribution in [-0.2, 0) is 4.79 Å². The molecule has 1 atom stereocenters. The van der Waals surface area contributed by atoms with Crippen molar-refractivity contribution in [2.45, 2.75) is 78.1 Å². The maximum absolute atomic E-state index is 12.3. The van der Waals surface area contributed by atoms with E-state index >= 15 is 0 Å². The number of carbonyl (C=O) groups excluding carboxylic acids is 1. The zero-order valence-electron chi connectivity index (χ0n) is 14.2. The van der Waals surface area contributed by atoms with Crippen LogP contribution in [0, 0.1) is 17.8 Å². The molecule has 1 aliphatic rings. The predicted octanol–water partition coefficient (Wildman–Crippen LogP) is 3.86. The van der Waals surface area contributed by atoms with Crippen LogP contribution in [0.5, 0.6) is 0 Å². The summed E-state index contributed by atoms with van der Waals surface area (Å²) in [5.41, 5.74) is 5.65. The molecular formula is C18H36N2O. The van der Waals surface area contributed by atoms with Gasteiger partial charge in [-0.05, 0) is 56.9 Å². The van der Waals surface area contributed by atoms with E-state index in [2.05, 4.69) is 19.2 Å². The van der Waals surface area contributed by atoms with Gasteiger partial charge in [0.15, 0.2) is 0 Å². The van der Waals surface area contributed by atoms with Crippen LogP contribution >= 0.6 is 0 Å². The van der Waals surface area contributed by atoms with Gasteiger partial charge in [0.2, 0.25) is 5.91 Å². The largest absolute Gasteiger partial charge is 0.356 e. The first kappa shape index (κ1) is 18.5. The summed E-state index contributed by atoms with van der Waals surface area (Å²) in [7, 11) is 0. The highest BCUT2D eigenvalue weighted by atomic mass is 16.1. The minimum absolute atomic E-state index is 0.267. The first-order valence-corrected chi connectivity index (χ1v) is 9.18. The summed E-state index contributed by atoms with van der Waals surface area (Å²) in [5.74, 6) is 1.99. The molecule has 0 spiro atoms. The Hall–Kier alpha value is -0.570. The molecule has 0 bridgehead atoms. The standard InChI is InChI=1S/C18H36N2O/c1-3-5-7-15-8-10-17(11-9-15)18(21)20-14-16(6-4-2)12-13-19/h15-17H,3-14,19H2,1-2H3,(H,20,21). The highest BCUT2D eigenvalue weighted by Crippen LogP contribution is 2.32. The number of nitrogens with two attached hydrogens (primary N) is 1. The van der Waals surface area contributed by atoms with Gasteiger partial charge in [0.1, 0.15) is 0 Å². The molecule has 1 fully saturated rings. The summed E-state index contributed by atoms with van der Waals surface area (Å²) in [4.78, 5) is 12.3. The highest BCUT2D eigenvalue weighted by Gasteiger charge is 2.26. The van der Waals surface area contributed by atoms with Crippen LogP contribution < -0.4 is 11.1 Å². The third-order valence-corrected chi connectivity index (χ3v) is 5.02. The quantitative estimate of drug-likeness (QED) is 0.643. The van der Waals surface area contributed by atoms with Gasteiger partial charge in [-0.3, -0.25) is 4.79 Å². The summed E-state index contributed by atoms with van der Waals surface area (Å²) in [6.07, 6.45) is 12.0. The molecule has 1 unspecified atom stereocenters. The van der Waals surface area contributed by atoms with Gasteiger partial charge in [0.25, 0.3) is 0 Å². The molecule has 21 heavy (non-hydrogen) atoms. The van der Waals surface area contributed by atoms with Gasteiger partial charge in [-0.25, -0.2) is 0 Å². The van der Waals surface area contributed by atoms with Crippen LogP contribution in [0.1, 0.15) is 78.1 Å². The van der Waals surface area contributed by atoms with Crippen molar-refractivity contribution in [2.75, 3.05) is 13.1 Å². The number of rotatable bonds is 10. The van der Waals surface area contributed by atoms with Gasteiger partial charge in [0, 0.05) is 12.5 Å². The molecule has 124 valence electrons. The van der Waals surface area contributed by atoms with E-state index in [4.69, 9.17) is 5.73 Å². The first-order chi connectivity index (χ1) is 10.2. The molecule has 1 aliphatic carbocycles. The van der Waals surface area contributed by atoms with Crippen molar-refractivity contribution in [3.8, 4) is 0 Å². The van der Waals surface area contributed by atoms with Crippen molar-refractivity contribution in [2.24, 2.45) is 23.5 Å². The summed E-state index contributed by atoms with van der Waals surface area (Å²) in [6, 6.07) is 0. The Morgan fingerprint density at radius 3 is 2.43 bits per heavy atom. The van der Waals surface area contributed by atoms with Crippen molar-refractivity contribution in [3.05, 3.63) is 0 Å². The van der Waals surface area contributed by atoms with Crippen LogP contribution in [-0.4, -0.2) is 19.0 Å². The Morgan fingerprint density at radius 2 is 1.86 bits per heavy atom. The van der Waals surface area contributed by atoms with Crippen LogP contribution in [0.2, 0.25) is 0 Å². The molecule has 1 rings (SSSR count). The van der Waals surface area contributed by atoms with E-state index in [1.54, 1.807) is 0 Å². The lowest BCUT2D eigenvalue weighted by Gasteiger charge is -2.28. The van der Waals surface area contributed by atoms with E-state index in [0.29, 0.717) is 11.8 Å². The Morgan fingerprint density at radius 1 is 1.14 bits per heavy atom. The fourth-order valence-electron chi connectivity index (χ4n) is 3.59. The number of amides is 1. The normalized spacial score (nSPS) is 23.8. The molecule has 0 aliphatic heterocycles. The van der Waals surface area contributed by atoms with E-state index in [9.17, 15) is 4.79 Å². The van der Waals surface area contributed by atoms with Crippen molar-refractivity contribution in [1.82, 2.24) is 5.32 Å². The number of hydrogen-bond donors (Lipinski definition) is 2. The second-order valence-corrected chi connectivity index (χ2v) is 6.84. The van der Waals surface area contributed by atoms with Crippen LogP contribution in [0.25, 0.3) is 0 Å². The minimum Gasteiger partial charge on any atom is -0.356 e. The van der Waals surface area contributed by atoms with Crippen LogP contribution in [0.3, 0.4) is 0 Å². The summed E-state index contributed by atoms with van der Waals surface area (Å²) in [5, 5.41) is 3.19. The minimum atomic E-state index is 0.267. The molecular weight excluding hydrogens is 260 g/mol. The lowest BCUT2D eigenvalue weighted by molar-refractivity contribution is -0.126. The number of unbranched alkanes of at least 4 members (excludes halogenated alkanes) is 1. The molecule has 0 aromatic heterocycles. The van der Waals surface area contributed by atoms with E-state index in [-0.39, 0.29) is 5.92 Å². The predicted molar refractivity (Wildman–Crippen MR) is 90.1 cm³/mol. The molecule has 0 saturated heterocycles. The molecule has 3 nitrogen and oxygen atoms in total. The van der Waals surface area contributed by atoms with Gasteiger partial charge in [0.05, 0.1) is 0 Å². The van der Waals surface area contributed by atoms with Gasteiger partial charge < -0.3 is 11.1 Å². The monoisotopic (exact) mass is 296 g/mol. The second kappa shape index (κ2) is 11.1. The van der Waals surface area contributed by atoms with Gasteiger partial charge in [-0.15, -0.1) is 0 Å². The van der Waals surface area contributed by atoms with Crippen molar-refractivity contribution < 1.29 is 4.79 Å².